The number of thiocarbonyl (C=S) groups is 1. The fraction of sp³-hybridized carbons (Fsp3) is 0.179. The predicted octanol–water partition coefficient (Wildman–Crippen LogP) is 6.07. The molecule has 1 aromatic heterocycles. The summed E-state index contributed by atoms with van der Waals surface area (Å²) in [5.41, 5.74) is 3.28. The molecular formula is C28H26N2O4S. The Bertz CT molecular complexity index is 1440. The van der Waals surface area contributed by atoms with Gasteiger partial charge in [-0.3, -0.25) is 10.1 Å². The highest BCUT2D eigenvalue weighted by Gasteiger charge is 2.13. The number of fused-ring (bicyclic) bond motifs is 1. The Labute approximate surface area is 208 Å². The number of hydrogen-bond donors (Lipinski definition) is 2. The Kier molecular flexibility index (Phi) is 7.57. The Morgan fingerprint density at radius 3 is 2.69 bits per heavy atom. The molecule has 2 N–H and O–H groups in total. The lowest BCUT2D eigenvalue weighted by molar-refractivity contribution is 0.0977. The van der Waals surface area contributed by atoms with Gasteiger partial charge in [0.2, 0.25) is 0 Å². The molecule has 0 atom stereocenters. The normalized spacial score (nSPS) is 10.7. The van der Waals surface area contributed by atoms with Crippen LogP contribution >= 0.6 is 12.2 Å². The van der Waals surface area contributed by atoms with Gasteiger partial charge in [-0.15, -0.1) is 0 Å². The summed E-state index contributed by atoms with van der Waals surface area (Å²) in [6.45, 7) is 4.61. The number of nitrogens with one attached hydrogen (secondary N) is 2. The zero-order chi connectivity index (χ0) is 24.8. The van der Waals surface area contributed by atoms with E-state index in [0.29, 0.717) is 40.3 Å². The molecule has 0 spiro atoms. The van der Waals surface area contributed by atoms with Crippen LogP contribution in [0.15, 0.2) is 82.0 Å². The average molecular weight is 487 g/mol. The first kappa shape index (κ1) is 24.2. The topological polar surface area (TPSA) is 80.6 Å². The molecule has 1 amide bonds. The maximum absolute atomic E-state index is 12.7. The van der Waals surface area contributed by atoms with Gasteiger partial charge in [-0.25, -0.2) is 4.79 Å². The third-order valence-corrected chi connectivity index (χ3v) is 5.73. The molecule has 1 heterocycles. The standard InChI is InChI=1S/C28H26N2O4S/c1-3-4-14-33-22-10-7-9-21(15-22)26(31)30-28(35)29-24-17-19(13-12-18(24)2)23-16-20-8-5-6-11-25(20)34-27(23)32/h5-13,15-17H,3-4,14H2,1-2H3,(H2,29,30,31,35). The van der Waals surface area contributed by atoms with Crippen LogP contribution < -0.4 is 21.0 Å². The number of rotatable bonds is 7. The summed E-state index contributed by atoms with van der Waals surface area (Å²) in [7, 11) is 0. The van der Waals surface area contributed by atoms with Crippen molar-refractivity contribution in [2.24, 2.45) is 0 Å². The van der Waals surface area contributed by atoms with E-state index in [0.717, 1.165) is 23.8 Å². The van der Waals surface area contributed by atoms with Gasteiger partial charge in [0.1, 0.15) is 11.3 Å². The molecule has 0 aliphatic rings. The summed E-state index contributed by atoms with van der Waals surface area (Å²) in [5, 5.41) is 6.76. The van der Waals surface area contributed by atoms with E-state index in [4.69, 9.17) is 21.4 Å². The van der Waals surface area contributed by atoms with Crippen molar-refractivity contribution in [1.82, 2.24) is 5.32 Å². The van der Waals surface area contributed by atoms with Crippen LogP contribution in [0.4, 0.5) is 5.69 Å². The molecule has 6 nitrogen and oxygen atoms in total. The number of benzene rings is 3. The molecule has 0 saturated heterocycles. The molecule has 4 aromatic rings. The van der Waals surface area contributed by atoms with E-state index in [-0.39, 0.29) is 11.0 Å². The number of carbonyl (C=O) groups excluding carboxylic acids is 1. The summed E-state index contributed by atoms with van der Waals surface area (Å²) < 4.78 is 11.2. The van der Waals surface area contributed by atoms with Crippen LogP contribution in [-0.4, -0.2) is 17.6 Å². The highest BCUT2D eigenvalue weighted by atomic mass is 32.1. The Hall–Kier alpha value is -3.97. The number of unbranched alkanes of at least 4 members (excludes halogenated alkanes) is 1. The zero-order valence-electron chi connectivity index (χ0n) is 19.6. The molecule has 178 valence electrons. The molecule has 0 aliphatic heterocycles. The van der Waals surface area contributed by atoms with Crippen molar-refractivity contribution in [1.29, 1.82) is 0 Å². The van der Waals surface area contributed by atoms with E-state index in [1.54, 1.807) is 24.3 Å². The van der Waals surface area contributed by atoms with Crippen LogP contribution in [0.25, 0.3) is 22.1 Å². The molecule has 0 unspecified atom stereocenters. The molecule has 35 heavy (non-hydrogen) atoms. The lowest BCUT2D eigenvalue weighted by Gasteiger charge is -2.14. The summed E-state index contributed by atoms with van der Waals surface area (Å²) in [6, 6.07) is 21.7. The maximum atomic E-state index is 12.7. The highest BCUT2D eigenvalue weighted by molar-refractivity contribution is 7.80. The van der Waals surface area contributed by atoms with Gasteiger partial charge in [0, 0.05) is 16.6 Å². The minimum absolute atomic E-state index is 0.151. The molecular weight excluding hydrogens is 460 g/mol. The Balaban J connectivity index is 1.49. The number of para-hydroxylation sites is 1. The first-order valence-electron chi connectivity index (χ1n) is 11.4. The first-order chi connectivity index (χ1) is 16.9. The molecule has 3 aromatic carbocycles. The largest absolute Gasteiger partial charge is 0.494 e. The second-order valence-corrected chi connectivity index (χ2v) is 8.56. The zero-order valence-corrected chi connectivity index (χ0v) is 20.4. The summed E-state index contributed by atoms with van der Waals surface area (Å²) in [4.78, 5) is 25.3. The average Bonchev–Trinajstić information content (AvgIpc) is 2.85. The van der Waals surface area contributed by atoms with Crippen molar-refractivity contribution in [3.8, 4) is 16.9 Å². The first-order valence-corrected chi connectivity index (χ1v) is 11.8. The minimum Gasteiger partial charge on any atom is -0.494 e. The molecule has 0 radical (unpaired) electrons. The minimum atomic E-state index is -0.421. The molecule has 7 heteroatoms. The Morgan fingerprint density at radius 2 is 1.86 bits per heavy atom. The van der Waals surface area contributed by atoms with Crippen molar-refractivity contribution in [3.05, 3.63) is 94.3 Å². The number of hydrogen-bond acceptors (Lipinski definition) is 5. The van der Waals surface area contributed by atoms with Gasteiger partial charge < -0.3 is 14.5 Å². The van der Waals surface area contributed by atoms with Crippen molar-refractivity contribution in [2.75, 3.05) is 11.9 Å². The fourth-order valence-corrected chi connectivity index (χ4v) is 3.78. The van der Waals surface area contributed by atoms with Gasteiger partial charge in [-0.05, 0) is 73.1 Å². The van der Waals surface area contributed by atoms with E-state index in [9.17, 15) is 9.59 Å². The van der Waals surface area contributed by atoms with E-state index in [1.807, 2.05) is 55.5 Å². The van der Waals surface area contributed by atoms with Gasteiger partial charge in [0.25, 0.3) is 5.91 Å². The van der Waals surface area contributed by atoms with Crippen molar-refractivity contribution in [3.63, 3.8) is 0 Å². The van der Waals surface area contributed by atoms with Crippen LogP contribution in [0, 0.1) is 6.92 Å². The number of ether oxygens (including phenoxy) is 1. The lowest BCUT2D eigenvalue weighted by atomic mass is 10.0. The number of amides is 1. The van der Waals surface area contributed by atoms with E-state index >= 15 is 0 Å². The summed E-state index contributed by atoms with van der Waals surface area (Å²) in [6.07, 6.45) is 1.98. The number of anilines is 1. The molecule has 0 bridgehead atoms. The second kappa shape index (κ2) is 11.0. The van der Waals surface area contributed by atoms with Gasteiger partial charge in [-0.2, -0.15) is 0 Å². The lowest BCUT2D eigenvalue weighted by Crippen LogP contribution is -2.34. The molecule has 0 fully saturated rings. The third-order valence-electron chi connectivity index (χ3n) is 5.53. The second-order valence-electron chi connectivity index (χ2n) is 8.15. The monoisotopic (exact) mass is 486 g/mol. The van der Waals surface area contributed by atoms with E-state index in [2.05, 4.69) is 17.6 Å². The third kappa shape index (κ3) is 5.94. The molecule has 4 rings (SSSR count). The smallest absolute Gasteiger partial charge is 0.344 e. The van der Waals surface area contributed by atoms with Gasteiger partial charge in [0.05, 0.1) is 12.2 Å². The van der Waals surface area contributed by atoms with Crippen LogP contribution in [0.2, 0.25) is 0 Å². The SMILES string of the molecule is CCCCOc1cccc(C(=O)NC(=S)Nc2cc(-c3cc4ccccc4oc3=O)ccc2C)c1. The molecule has 0 aliphatic carbocycles. The van der Waals surface area contributed by atoms with E-state index < -0.39 is 5.63 Å². The van der Waals surface area contributed by atoms with Crippen LogP contribution in [0.1, 0.15) is 35.7 Å². The fourth-order valence-electron chi connectivity index (χ4n) is 3.58. The van der Waals surface area contributed by atoms with Crippen molar-refractivity contribution in [2.45, 2.75) is 26.7 Å². The van der Waals surface area contributed by atoms with Gasteiger partial charge in [0.15, 0.2) is 5.11 Å². The summed E-state index contributed by atoms with van der Waals surface area (Å²) in [5.74, 6) is 0.301. The number of aryl methyl sites for hydroxylation is 1. The van der Waals surface area contributed by atoms with Crippen LogP contribution in [-0.2, 0) is 0 Å². The van der Waals surface area contributed by atoms with Crippen molar-refractivity contribution >= 4 is 39.9 Å². The quantitative estimate of drug-likeness (QED) is 0.187. The van der Waals surface area contributed by atoms with Gasteiger partial charge >= 0.3 is 5.63 Å². The predicted molar refractivity (Wildman–Crippen MR) is 143 cm³/mol. The Morgan fingerprint density at radius 1 is 1.03 bits per heavy atom. The van der Waals surface area contributed by atoms with Gasteiger partial charge in [-0.1, -0.05) is 49.7 Å². The van der Waals surface area contributed by atoms with Crippen molar-refractivity contribution < 1.29 is 13.9 Å². The van der Waals surface area contributed by atoms with Crippen LogP contribution in [0.3, 0.4) is 0 Å². The maximum Gasteiger partial charge on any atom is 0.344 e. The molecule has 0 saturated carbocycles. The van der Waals surface area contributed by atoms with Crippen LogP contribution in [0.5, 0.6) is 5.75 Å². The summed E-state index contributed by atoms with van der Waals surface area (Å²) >= 11 is 5.38. The highest BCUT2D eigenvalue weighted by Crippen LogP contribution is 2.26. The van der Waals surface area contributed by atoms with E-state index in [1.165, 1.54) is 0 Å². The number of carbonyl (C=O) groups is 1.